The molecular weight excluding hydrogens is 304 g/mol. The van der Waals surface area contributed by atoms with E-state index in [1.807, 2.05) is 24.3 Å². The van der Waals surface area contributed by atoms with E-state index in [4.69, 9.17) is 11.6 Å². The molecule has 0 bridgehead atoms. The first-order valence-corrected chi connectivity index (χ1v) is 8.39. The van der Waals surface area contributed by atoms with E-state index >= 15 is 0 Å². The highest BCUT2D eigenvalue weighted by Crippen LogP contribution is 2.41. The van der Waals surface area contributed by atoms with Gasteiger partial charge in [-0.2, -0.15) is 0 Å². The van der Waals surface area contributed by atoms with Crippen LogP contribution in [-0.4, -0.2) is 5.91 Å². The summed E-state index contributed by atoms with van der Waals surface area (Å²) in [4.78, 5) is 13.9. The van der Waals surface area contributed by atoms with Crippen LogP contribution >= 0.6 is 22.9 Å². The van der Waals surface area contributed by atoms with Crippen molar-refractivity contribution in [1.82, 2.24) is 5.32 Å². The molecule has 1 aliphatic heterocycles. The van der Waals surface area contributed by atoms with E-state index < -0.39 is 0 Å². The summed E-state index contributed by atoms with van der Waals surface area (Å²) in [5.74, 6) is 0.0445. The van der Waals surface area contributed by atoms with E-state index in [2.05, 4.69) is 10.6 Å². The fourth-order valence-corrected chi connectivity index (χ4v) is 4.54. The summed E-state index contributed by atoms with van der Waals surface area (Å²) in [5, 5.41) is 8.24. The molecule has 2 aromatic rings. The largest absolute Gasteiger partial charge is 0.353 e. The van der Waals surface area contributed by atoms with Gasteiger partial charge in [-0.05, 0) is 48.9 Å². The number of thiophene rings is 1. The van der Waals surface area contributed by atoms with Crippen molar-refractivity contribution >= 4 is 33.8 Å². The number of rotatable bonds is 1. The van der Waals surface area contributed by atoms with E-state index in [1.165, 1.54) is 23.3 Å². The third kappa shape index (κ3) is 2.23. The summed E-state index contributed by atoms with van der Waals surface area (Å²) in [6, 6.07) is 7.58. The number of hydrogen-bond donors (Lipinski definition) is 2. The third-order valence-electron chi connectivity index (χ3n) is 4.15. The molecule has 2 aliphatic rings. The maximum absolute atomic E-state index is 12.5. The number of carbonyl (C=O) groups excluding carboxylic acids is 1. The molecule has 0 saturated carbocycles. The molecule has 5 heteroatoms. The molecule has 0 radical (unpaired) electrons. The molecule has 1 aliphatic carbocycles. The van der Waals surface area contributed by atoms with Gasteiger partial charge >= 0.3 is 0 Å². The standard InChI is InChI=1S/C16H15ClN2OS/c17-10-7-5-9(6-8-10)14-18-15(20)13-11-3-1-2-4-12(11)21-16(13)19-14/h5-8,14,19H,1-4H2,(H,18,20)/t14-/m1/s1. The molecule has 0 unspecified atom stereocenters. The monoisotopic (exact) mass is 318 g/mol. The van der Waals surface area contributed by atoms with Crippen LogP contribution in [0.4, 0.5) is 5.00 Å². The van der Waals surface area contributed by atoms with Gasteiger partial charge in [-0.25, -0.2) is 0 Å². The Labute approximate surface area is 132 Å². The second kappa shape index (κ2) is 5.04. The average Bonchev–Trinajstić information content (AvgIpc) is 2.86. The number of carbonyl (C=O) groups is 1. The Hall–Kier alpha value is -1.52. The van der Waals surface area contributed by atoms with Crippen molar-refractivity contribution in [3.63, 3.8) is 0 Å². The van der Waals surface area contributed by atoms with Gasteiger partial charge in [0.2, 0.25) is 0 Å². The Morgan fingerprint density at radius 3 is 2.67 bits per heavy atom. The first-order valence-electron chi connectivity index (χ1n) is 7.20. The van der Waals surface area contributed by atoms with Crippen LogP contribution in [0.3, 0.4) is 0 Å². The van der Waals surface area contributed by atoms with Crippen molar-refractivity contribution in [1.29, 1.82) is 0 Å². The number of amides is 1. The Balaban J connectivity index is 1.70. The highest BCUT2D eigenvalue weighted by atomic mass is 35.5. The summed E-state index contributed by atoms with van der Waals surface area (Å²) in [7, 11) is 0. The Morgan fingerprint density at radius 2 is 1.86 bits per heavy atom. The van der Waals surface area contributed by atoms with E-state index in [1.54, 1.807) is 11.3 Å². The van der Waals surface area contributed by atoms with Crippen LogP contribution in [0, 0.1) is 0 Å². The minimum absolute atomic E-state index is 0.0445. The molecule has 0 spiro atoms. The summed E-state index contributed by atoms with van der Waals surface area (Å²) in [6.45, 7) is 0. The lowest BCUT2D eigenvalue weighted by Crippen LogP contribution is -2.38. The van der Waals surface area contributed by atoms with Gasteiger partial charge in [0.15, 0.2) is 0 Å². The molecule has 1 atom stereocenters. The van der Waals surface area contributed by atoms with E-state index in [0.29, 0.717) is 5.02 Å². The second-order valence-corrected chi connectivity index (χ2v) is 7.06. The summed E-state index contributed by atoms with van der Waals surface area (Å²) in [5.41, 5.74) is 3.16. The van der Waals surface area contributed by atoms with Crippen molar-refractivity contribution in [2.45, 2.75) is 31.8 Å². The van der Waals surface area contributed by atoms with Crippen LogP contribution < -0.4 is 10.6 Å². The highest BCUT2D eigenvalue weighted by molar-refractivity contribution is 7.16. The molecule has 108 valence electrons. The molecule has 0 saturated heterocycles. The lowest BCUT2D eigenvalue weighted by Gasteiger charge is -2.26. The first-order chi connectivity index (χ1) is 10.2. The van der Waals surface area contributed by atoms with Crippen LogP contribution in [-0.2, 0) is 12.8 Å². The number of aryl methyl sites for hydroxylation is 1. The van der Waals surface area contributed by atoms with Crippen LogP contribution in [0.5, 0.6) is 0 Å². The Morgan fingerprint density at radius 1 is 1.10 bits per heavy atom. The maximum Gasteiger partial charge on any atom is 0.256 e. The van der Waals surface area contributed by atoms with Gasteiger partial charge in [0.1, 0.15) is 11.2 Å². The van der Waals surface area contributed by atoms with E-state index in [-0.39, 0.29) is 12.1 Å². The zero-order valence-electron chi connectivity index (χ0n) is 11.4. The quantitative estimate of drug-likeness (QED) is 0.830. The van der Waals surface area contributed by atoms with Crippen LogP contribution in [0.15, 0.2) is 24.3 Å². The van der Waals surface area contributed by atoms with Gasteiger partial charge in [-0.1, -0.05) is 23.7 Å². The average molecular weight is 319 g/mol. The zero-order chi connectivity index (χ0) is 14.4. The molecule has 1 aromatic carbocycles. The van der Waals surface area contributed by atoms with Gasteiger partial charge in [0.05, 0.1) is 5.56 Å². The normalized spacial score (nSPS) is 20.2. The van der Waals surface area contributed by atoms with E-state index in [0.717, 1.165) is 29.0 Å². The molecule has 0 fully saturated rings. The van der Waals surface area contributed by atoms with Crippen molar-refractivity contribution < 1.29 is 4.79 Å². The highest BCUT2D eigenvalue weighted by Gasteiger charge is 2.31. The molecule has 1 aromatic heterocycles. The van der Waals surface area contributed by atoms with Crippen LogP contribution in [0.2, 0.25) is 5.02 Å². The smallest absolute Gasteiger partial charge is 0.256 e. The summed E-state index contributed by atoms with van der Waals surface area (Å²) in [6.07, 6.45) is 4.37. The summed E-state index contributed by atoms with van der Waals surface area (Å²) < 4.78 is 0. The second-order valence-electron chi connectivity index (χ2n) is 5.52. The molecule has 2 heterocycles. The Bertz CT molecular complexity index is 708. The number of halogens is 1. The van der Waals surface area contributed by atoms with Gasteiger partial charge in [0, 0.05) is 9.90 Å². The fraction of sp³-hybridized carbons (Fsp3) is 0.312. The zero-order valence-corrected chi connectivity index (χ0v) is 13.0. The predicted octanol–water partition coefficient (Wildman–Crippen LogP) is 4.13. The van der Waals surface area contributed by atoms with Gasteiger partial charge in [0.25, 0.3) is 5.91 Å². The molecular formula is C16H15ClN2OS. The van der Waals surface area contributed by atoms with Gasteiger partial charge < -0.3 is 10.6 Å². The Kier molecular flexibility index (Phi) is 3.16. The van der Waals surface area contributed by atoms with Crippen LogP contribution in [0.1, 0.15) is 45.4 Å². The molecule has 1 amide bonds. The number of fused-ring (bicyclic) bond motifs is 3. The van der Waals surface area contributed by atoms with Crippen molar-refractivity contribution in [2.24, 2.45) is 0 Å². The third-order valence-corrected chi connectivity index (χ3v) is 5.63. The number of nitrogens with one attached hydrogen (secondary N) is 2. The van der Waals surface area contributed by atoms with Gasteiger partial charge in [-0.15, -0.1) is 11.3 Å². The van der Waals surface area contributed by atoms with Crippen molar-refractivity contribution in [2.75, 3.05) is 5.32 Å². The predicted molar refractivity (Wildman–Crippen MR) is 86.2 cm³/mol. The fourth-order valence-electron chi connectivity index (χ4n) is 3.10. The lowest BCUT2D eigenvalue weighted by atomic mass is 9.94. The van der Waals surface area contributed by atoms with Crippen LogP contribution in [0.25, 0.3) is 0 Å². The van der Waals surface area contributed by atoms with Gasteiger partial charge in [-0.3, -0.25) is 4.79 Å². The van der Waals surface area contributed by atoms with Crippen molar-refractivity contribution in [3.05, 3.63) is 50.9 Å². The lowest BCUT2D eigenvalue weighted by molar-refractivity contribution is 0.0935. The molecule has 21 heavy (non-hydrogen) atoms. The van der Waals surface area contributed by atoms with Crippen molar-refractivity contribution in [3.8, 4) is 0 Å². The minimum atomic E-state index is -0.178. The number of hydrogen-bond acceptors (Lipinski definition) is 3. The minimum Gasteiger partial charge on any atom is -0.353 e. The molecule has 2 N–H and O–H groups in total. The number of anilines is 1. The maximum atomic E-state index is 12.5. The summed E-state index contributed by atoms with van der Waals surface area (Å²) >= 11 is 7.67. The SMILES string of the molecule is O=C1N[C@@H](c2ccc(Cl)cc2)Nc2sc3c(c21)CCCC3. The molecule has 3 nitrogen and oxygen atoms in total. The molecule has 4 rings (SSSR count). The topological polar surface area (TPSA) is 41.1 Å². The van der Waals surface area contributed by atoms with E-state index in [9.17, 15) is 4.79 Å². The first kappa shape index (κ1) is 13.2. The number of benzene rings is 1.